The van der Waals surface area contributed by atoms with E-state index in [1.807, 2.05) is 39.1 Å². The number of phenols is 1. The number of hydrogen-bond donors (Lipinski definition) is 2. The zero-order valence-electron chi connectivity index (χ0n) is 18.3. The van der Waals surface area contributed by atoms with Crippen LogP contribution in [0.15, 0.2) is 44.5 Å². The quantitative estimate of drug-likeness (QED) is 0.433. The molecule has 2 N–H and O–H groups in total. The number of rotatable bonds is 1. The molecule has 1 amide bonds. The first-order valence-electron chi connectivity index (χ1n) is 11.0. The van der Waals surface area contributed by atoms with Crippen LogP contribution < -0.4 is 5.32 Å². The van der Waals surface area contributed by atoms with Gasteiger partial charge in [-0.1, -0.05) is 25.5 Å². The number of aryl methyl sites for hydroxylation is 1. The molecule has 0 saturated carbocycles. The van der Waals surface area contributed by atoms with Gasteiger partial charge in [0.1, 0.15) is 5.75 Å². The Morgan fingerprint density at radius 2 is 1.90 bits per heavy atom. The molecule has 0 radical (unpaired) electrons. The Labute approximate surface area is 201 Å². The number of halogens is 2. The lowest BCUT2D eigenvalue weighted by Gasteiger charge is -2.33. The molecule has 1 atom stereocenters. The molecule has 2 heterocycles. The van der Waals surface area contributed by atoms with Crippen LogP contribution in [0.25, 0.3) is 5.57 Å². The van der Waals surface area contributed by atoms with Crippen molar-refractivity contribution >= 4 is 43.5 Å². The predicted octanol–water partition coefficient (Wildman–Crippen LogP) is 6.23. The number of carbonyl (C=O) groups excluding carboxylic acids is 1. The Kier molecular flexibility index (Phi) is 8.28. The summed E-state index contributed by atoms with van der Waals surface area (Å²) in [6, 6.07) is 5.78. The number of aromatic hydroxyl groups is 1. The number of nitrogens with zero attached hydrogens (tertiary/aromatic N) is 1. The zero-order valence-corrected chi connectivity index (χ0v) is 21.5. The van der Waals surface area contributed by atoms with Crippen molar-refractivity contribution in [2.45, 2.75) is 52.5 Å². The van der Waals surface area contributed by atoms with Crippen molar-refractivity contribution in [1.82, 2.24) is 10.2 Å². The molecule has 0 bridgehead atoms. The lowest BCUT2D eigenvalue weighted by atomic mass is 9.85. The Morgan fingerprint density at radius 1 is 1.19 bits per heavy atom. The van der Waals surface area contributed by atoms with Gasteiger partial charge in [0, 0.05) is 28.3 Å². The molecule has 0 spiro atoms. The highest BCUT2D eigenvalue weighted by Crippen LogP contribution is 2.44. The number of ether oxygens (including phenoxy) is 1. The van der Waals surface area contributed by atoms with Gasteiger partial charge in [0.25, 0.3) is 0 Å². The van der Waals surface area contributed by atoms with Crippen molar-refractivity contribution in [2.75, 3.05) is 19.7 Å². The van der Waals surface area contributed by atoms with Gasteiger partial charge in [-0.2, -0.15) is 0 Å². The molecule has 1 aromatic carbocycles. The lowest BCUT2D eigenvalue weighted by molar-refractivity contribution is 0.104. The number of benzene rings is 1. The molecule has 2 aliphatic heterocycles. The third-order valence-electron chi connectivity index (χ3n) is 5.82. The summed E-state index contributed by atoms with van der Waals surface area (Å²) in [5.41, 5.74) is 6.32. The number of nitrogens with one attached hydrogen (secondary N) is 1. The van der Waals surface area contributed by atoms with E-state index in [2.05, 4.69) is 37.2 Å². The van der Waals surface area contributed by atoms with Gasteiger partial charge < -0.3 is 20.1 Å². The summed E-state index contributed by atoms with van der Waals surface area (Å²) in [7, 11) is 0. The monoisotopic (exact) mass is 552 g/mol. The first kappa shape index (κ1) is 23.9. The highest BCUT2D eigenvalue weighted by molar-refractivity contribution is 9.15. The van der Waals surface area contributed by atoms with Crippen LogP contribution in [0.3, 0.4) is 0 Å². The van der Waals surface area contributed by atoms with E-state index in [9.17, 15) is 9.90 Å². The maximum absolute atomic E-state index is 12.1. The normalized spacial score (nSPS) is 20.5. The molecule has 31 heavy (non-hydrogen) atoms. The molecule has 1 fully saturated rings. The fourth-order valence-electron chi connectivity index (χ4n) is 4.42. The number of carbonyl (C=O) groups is 1. The number of fused-ring (bicyclic) bond motifs is 2. The summed E-state index contributed by atoms with van der Waals surface area (Å²) in [6.07, 6.45) is 5.19. The molecule has 0 aromatic heterocycles. The minimum Gasteiger partial charge on any atom is -0.508 e. The van der Waals surface area contributed by atoms with Crippen LogP contribution in [0.1, 0.15) is 51.2 Å². The first-order valence-corrected chi connectivity index (χ1v) is 12.5. The van der Waals surface area contributed by atoms with Gasteiger partial charge >= 0.3 is 6.09 Å². The molecule has 1 unspecified atom stereocenters. The number of likely N-dealkylation sites (tertiary alicyclic amines) is 1. The molecule has 3 aliphatic rings. The summed E-state index contributed by atoms with van der Waals surface area (Å²) >= 11 is 7.39. The molecule has 1 saturated heterocycles. The van der Waals surface area contributed by atoms with Gasteiger partial charge in [0.15, 0.2) is 0 Å². The first-order chi connectivity index (χ1) is 15.0. The number of amides is 1. The largest absolute Gasteiger partial charge is 0.508 e. The smallest absolute Gasteiger partial charge is 0.409 e. The molecule has 1 aromatic rings. The van der Waals surface area contributed by atoms with E-state index in [1.54, 1.807) is 11.0 Å². The third-order valence-corrected chi connectivity index (χ3v) is 7.92. The van der Waals surface area contributed by atoms with E-state index >= 15 is 0 Å². The van der Waals surface area contributed by atoms with Crippen molar-refractivity contribution < 1.29 is 14.6 Å². The van der Waals surface area contributed by atoms with E-state index in [0.717, 1.165) is 34.6 Å². The summed E-state index contributed by atoms with van der Waals surface area (Å²) in [4.78, 5) is 13.9. The van der Waals surface area contributed by atoms with Crippen molar-refractivity contribution in [3.63, 3.8) is 0 Å². The highest BCUT2D eigenvalue weighted by Gasteiger charge is 2.33. The number of hydrogen-bond acceptors (Lipinski definition) is 4. The van der Waals surface area contributed by atoms with Crippen molar-refractivity contribution in [3.8, 4) is 5.75 Å². The van der Waals surface area contributed by atoms with E-state index in [4.69, 9.17) is 4.74 Å². The summed E-state index contributed by atoms with van der Waals surface area (Å²) in [6.45, 7) is 7.56. The molecule has 1 aliphatic carbocycles. The van der Waals surface area contributed by atoms with E-state index in [1.165, 1.54) is 27.8 Å². The molecule has 5 nitrogen and oxygen atoms in total. The Balaban J connectivity index is 0.00000132. The SMILES string of the molecule is CC.CCOC(=O)N1CCC(=C2c3ccc(O)cc3CCC3=C(Br)C(Br)=CNC32)CC1. The van der Waals surface area contributed by atoms with Crippen LogP contribution in [0.4, 0.5) is 4.79 Å². The van der Waals surface area contributed by atoms with Crippen LogP contribution in [0.2, 0.25) is 0 Å². The van der Waals surface area contributed by atoms with Crippen LogP contribution in [0.5, 0.6) is 5.75 Å². The van der Waals surface area contributed by atoms with Gasteiger partial charge in [0.05, 0.1) is 12.6 Å². The number of phenolic OH excluding ortho intramolecular Hbond substituents is 1. The molecule has 4 rings (SSSR count). The molecular formula is C24H30Br2N2O3. The summed E-state index contributed by atoms with van der Waals surface area (Å²) in [5.74, 6) is 0.301. The van der Waals surface area contributed by atoms with Gasteiger partial charge in [-0.05, 0) is 98.9 Å². The number of allylic oxidation sites excluding steroid dienone is 2. The van der Waals surface area contributed by atoms with E-state index < -0.39 is 0 Å². The van der Waals surface area contributed by atoms with Gasteiger partial charge in [0.2, 0.25) is 0 Å². The third kappa shape index (κ3) is 5.03. The van der Waals surface area contributed by atoms with E-state index in [0.29, 0.717) is 25.4 Å². The molecule has 7 heteroatoms. The Morgan fingerprint density at radius 3 is 2.58 bits per heavy atom. The average Bonchev–Trinajstić information content (AvgIpc) is 2.95. The fourth-order valence-corrected chi connectivity index (χ4v) is 5.35. The van der Waals surface area contributed by atoms with Gasteiger partial charge in [-0.3, -0.25) is 0 Å². The van der Waals surface area contributed by atoms with Crippen LogP contribution in [0, 0.1) is 0 Å². The maximum atomic E-state index is 12.1. The number of dihydropyridines is 1. The Hall–Kier alpha value is -1.73. The second-order valence-corrected chi connectivity index (χ2v) is 9.12. The maximum Gasteiger partial charge on any atom is 0.409 e. The van der Waals surface area contributed by atoms with Crippen molar-refractivity contribution in [3.05, 3.63) is 55.6 Å². The highest BCUT2D eigenvalue weighted by atomic mass is 79.9. The van der Waals surface area contributed by atoms with Crippen LogP contribution in [-0.4, -0.2) is 41.8 Å². The zero-order chi connectivity index (χ0) is 22.5. The number of piperidine rings is 1. The standard InChI is InChI=1S/C22H24Br2N2O3.C2H6/c1-2-29-22(28)26-9-7-13(8-10-26)19-16-6-4-15(27)11-14(16)3-5-17-20(24)18(23)12-25-21(17)19;1-2/h4,6,11-12,21,25,27H,2-3,5,7-10H2,1H3;1-2H3. The second kappa shape index (κ2) is 10.7. The van der Waals surface area contributed by atoms with Crippen LogP contribution >= 0.6 is 31.9 Å². The van der Waals surface area contributed by atoms with Gasteiger partial charge in [-0.25, -0.2) is 4.79 Å². The fraction of sp³-hybridized carbons (Fsp3) is 0.458. The van der Waals surface area contributed by atoms with E-state index in [-0.39, 0.29) is 12.1 Å². The lowest BCUT2D eigenvalue weighted by Crippen LogP contribution is -2.38. The minimum atomic E-state index is -0.228. The average molecular weight is 554 g/mol. The second-order valence-electron chi connectivity index (χ2n) is 7.48. The van der Waals surface area contributed by atoms with Gasteiger partial charge in [-0.15, -0.1) is 0 Å². The molecule has 168 valence electrons. The predicted molar refractivity (Wildman–Crippen MR) is 132 cm³/mol. The summed E-state index contributed by atoms with van der Waals surface area (Å²) in [5, 5.41) is 13.6. The Bertz CT molecular complexity index is 927. The van der Waals surface area contributed by atoms with Crippen molar-refractivity contribution in [1.29, 1.82) is 0 Å². The minimum absolute atomic E-state index is 0.0839. The van der Waals surface area contributed by atoms with Crippen molar-refractivity contribution in [2.24, 2.45) is 0 Å². The summed E-state index contributed by atoms with van der Waals surface area (Å²) < 4.78 is 7.28. The molecular weight excluding hydrogens is 524 g/mol. The van der Waals surface area contributed by atoms with Crippen LogP contribution in [-0.2, 0) is 11.2 Å². The topological polar surface area (TPSA) is 61.8 Å².